The second-order valence-corrected chi connectivity index (χ2v) is 7.13. The number of hydrogen-bond donors (Lipinski definition) is 1. The minimum absolute atomic E-state index is 0.246. The molecule has 0 radical (unpaired) electrons. The molecule has 1 aromatic rings. The van der Waals surface area contributed by atoms with Gasteiger partial charge in [-0.15, -0.1) is 0 Å². The van der Waals surface area contributed by atoms with Crippen LogP contribution in [0.4, 0.5) is 10.2 Å². The fourth-order valence-corrected chi connectivity index (χ4v) is 3.80. The van der Waals surface area contributed by atoms with Crippen molar-refractivity contribution in [2.24, 2.45) is 5.92 Å². The van der Waals surface area contributed by atoms with E-state index >= 15 is 0 Å². The van der Waals surface area contributed by atoms with Crippen molar-refractivity contribution in [1.82, 2.24) is 15.2 Å². The third-order valence-corrected chi connectivity index (χ3v) is 5.32. The lowest BCUT2D eigenvalue weighted by atomic mass is 9.89. The number of hydrogen-bond acceptors (Lipinski definition) is 4. The molecule has 138 valence electrons. The van der Waals surface area contributed by atoms with Crippen LogP contribution in [0.15, 0.2) is 18.2 Å². The van der Waals surface area contributed by atoms with Crippen molar-refractivity contribution in [2.75, 3.05) is 44.2 Å². The smallest absolute Gasteiger partial charge is 0.223 e. The van der Waals surface area contributed by atoms with Crippen LogP contribution in [-0.4, -0.2) is 55.1 Å². The SMILES string of the molecule is O=C(NCCCN1CCN(c2cccc(F)n2)CC1)C1CCCCC1. The summed E-state index contributed by atoms with van der Waals surface area (Å²) in [7, 11) is 0. The molecule has 1 saturated heterocycles. The highest BCUT2D eigenvalue weighted by Crippen LogP contribution is 2.23. The monoisotopic (exact) mass is 348 g/mol. The van der Waals surface area contributed by atoms with E-state index in [-0.39, 0.29) is 11.8 Å². The molecule has 1 aliphatic carbocycles. The average molecular weight is 348 g/mol. The Bertz CT molecular complexity index is 554. The number of pyridine rings is 1. The predicted octanol–water partition coefficient (Wildman–Crippen LogP) is 2.43. The van der Waals surface area contributed by atoms with E-state index in [1.54, 1.807) is 6.07 Å². The maximum atomic E-state index is 13.2. The highest BCUT2D eigenvalue weighted by atomic mass is 19.1. The number of carbonyl (C=O) groups is 1. The fourth-order valence-electron chi connectivity index (χ4n) is 3.80. The van der Waals surface area contributed by atoms with E-state index in [9.17, 15) is 9.18 Å². The number of nitrogens with zero attached hydrogens (tertiary/aromatic N) is 3. The number of nitrogens with one attached hydrogen (secondary N) is 1. The number of amides is 1. The summed E-state index contributed by atoms with van der Waals surface area (Å²) < 4.78 is 13.2. The fraction of sp³-hybridized carbons (Fsp3) is 0.684. The third-order valence-electron chi connectivity index (χ3n) is 5.32. The number of anilines is 1. The van der Waals surface area contributed by atoms with Gasteiger partial charge in [0.25, 0.3) is 0 Å². The second kappa shape index (κ2) is 9.13. The average Bonchev–Trinajstić information content (AvgIpc) is 2.66. The molecule has 5 nitrogen and oxygen atoms in total. The molecule has 1 N–H and O–H groups in total. The Morgan fingerprint density at radius 2 is 1.92 bits per heavy atom. The van der Waals surface area contributed by atoms with Gasteiger partial charge in [-0.25, -0.2) is 4.98 Å². The molecule has 3 rings (SSSR count). The van der Waals surface area contributed by atoms with Crippen LogP contribution < -0.4 is 10.2 Å². The van der Waals surface area contributed by atoms with E-state index < -0.39 is 5.95 Å². The molecule has 2 fully saturated rings. The molecule has 1 aromatic heterocycles. The number of piperazine rings is 1. The first-order chi connectivity index (χ1) is 12.2. The van der Waals surface area contributed by atoms with Crippen molar-refractivity contribution in [3.63, 3.8) is 0 Å². The van der Waals surface area contributed by atoms with Crippen molar-refractivity contribution < 1.29 is 9.18 Å². The first kappa shape index (κ1) is 18.1. The van der Waals surface area contributed by atoms with Gasteiger partial charge in [0, 0.05) is 38.6 Å². The molecule has 0 unspecified atom stereocenters. The summed E-state index contributed by atoms with van der Waals surface area (Å²) in [4.78, 5) is 20.6. The lowest BCUT2D eigenvalue weighted by molar-refractivity contribution is -0.125. The normalized spacial score (nSPS) is 19.8. The Morgan fingerprint density at radius 1 is 1.16 bits per heavy atom. The predicted molar refractivity (Wildman–Crippen MR) is 97.0 cm³/mol. The summed E-state index contributed by atoms with van der Waals surface area (Å²) >= 11 is 0. The highest BCUT2D eigenvalue weighted by molar-refractivity contribution is 5.78. The first-order valence-electron chi connectivity index (χ1n) is 9.60. The number of aromatic nitrogens is 1. The maximum Gasteiger partial charge on any atom is 0.223 e. The molecule has 0 atom stereocenters. The molecule has 0 spiro atoms. The van der Waals surface area contributed by atoms with E-state index in [1.165, 1.54) is 25.3 Å². The number of carbonyl (C=O) groups excluding carboxylic acids is 1. The van der Waals surface area contributed by atoms with Gasteiger partial charge in [-0.2, -0.15) is 4.39 Å². The summed E-state index contributed by atoms with van der Waals surface area (Å²) in [5.41, 5.74) is 0. The van der Waals surface area contributed by atoms with Gasteiger partial charge in [-0.3, -0.25) is 9.69 Å². The summed E-state index contributed by atoms with van der Waals surface area (Å²) in [6, 6.07) is 4.94. The van der Waals surface area contributed by atoms with E-state index in [2.05, 4.69) is 20.1 Å². The van der Waals surface area contributed by atoms with Gasteiger partial charge in [0.05, 0.1) is 0 Å². The van der Waals surface area contributed by atoms with Gasteiger partial charge in [0.15, 0.2) is 0 Å². The Balaban J connectivity index is 1.31. The van der Waals surface area contributed by atoms with E-state index in [4.69, 9.17) is 0 Å². The third kappa shape index (κ3) is 5.39. The molecular weight excluding hydrogens is 319 g/mol. The minimum atomic E-state index is -0.423. The van der Waals surface area contributed by atoms with E-state index in [0.717, 1.165) is 64.3 Å². The molecule has 0 bridgehead atoms. The summed E-state index contributed by atoms with van der Waals surface area (Å²) in [6.45, 7) is 5.40. The maximum absolute atomic E-state index is 13.2. The standard InChI is InChI=1S/C19H29FN4O/c20-17-8-4-9-18(22-17)24-14-12-23(13-15-24)11-5-10-21-19(25)16-6-2-1-3-7-16/h4,8-9,16H,1-3,5-7,10-15H2,(H,21,25). The van der Waals surface area contributed by atoms with Crippen LogP contribution in [0.25, 0.3) is 0 Å². The van der Waals surface area contributed by atoms with Crippen LogP contribution in [-0.2, 0) is 4.79 Å². The number of rotatable bonds is 6. The second-order valence-electron chi connectivity index (χ2n) is 7.13. The van der Waals surface area contributed by atoms with Crippen molar-refractivity contribution in [3.8, 4) is 0 Å². The van der Waals surface area contributed by atoms with E-state index in [0.29, 0.717) is 0 Å². The molecular formula is C19H29FN4O. The first-order valence-corrected chi connectivity index (χ1v) is 9.60. The van der Waals surface area contributed by atoms with Crippen LogP contribution in [0, 0.1) is 11.9 Å². The van der Waals surface area contributed by atoms with Crippen LogP contribution in [0.3, 0.4) is 0 Å². The number of halogens is 1. The van der Waals surface area contributed by atoms with Crippen LogP contribution in [0.2, 0.25) is 0 Å². The molecule has 2 heterocycles. The van der Waals surface area contributed by atoms with Gasteiger partial charge < -0.3 is 10.2 Å². The molecule has 25 heavy (non-hydrogen) atoms. The zero-order valence-electron chi connectivity index (χ0n) is 14.9. The van der Waals surface area contributed by atoms with E-state index in [1.807, 2.05) is 6.07 Å². The van der Waals surface area contributed by atoms with Crippen molar-refractivity contribution in [3.05, 3.63) is 24.1 Å². The Kier molecular flexibility index (Phi) is 6.62. The van der Waals surface area contributed by atoms with Gasteiger partial charge in [-0.1, -0.05) is 25.3 Å². The molecule has 0 aromatic carbocycles. The molecule has 1 aliphatic heterocycles. The summed E-state index contributed by atoms with van der Waals surface area (Å²) in [6.07, 6.45) is 6.77. The zero-order valence-corrected chi connectivity index (χ0v) is 14.9. The highest BCUT2D eigenvalue weighted by Gasteiger charge is 2.21. The van der Waals surface area contributed by atoms with Crippen molar-refractivity contribution in [1.29, 1.82) is 0 Å². The largest absolute Gasteiger partial charge is 0.356 e. The van der Waals surface area contributed by atoms with Crippen LogP contribution in [0.5, 0.6) is 0 Å². The molecule has 2 aliphatic rings. The summed E-state index contributed by atoms with van der Waals surface area (Å²) in [5.74, 6) is 0.797. The Hall–Kier alpha value is -1.69. The van der Waals surface area contributed by atoms with Crippen LogP contribution in [0.1, 0.15) is 38.5 Å². The topological polar surface area (TPSA) is 48.5 Å². The van der Waals surface area contributed by atoms with Gasteiger partial charge in [0.1, 0.15) is 5.82 Å². The lowest BCUT2D eigenvalue weighted by Crippen LogP contribution is -2.47. The zero-order chi connectivity index (χ0) is 17.5. The van der Waals surface area contributed by atoms with Crippen molar-refractivity contribution >= 4 is 11.7 Å². The quantitative estimate of drug-likeness (QED) is 0.634. The minimum Gasteiger partial charge on any atom is -0.356 e. The molecule has 1 saturated carbocycles. The van der Waals surface area contributed by atoms with Gasteiger partial charge in [0.2, 0.25) is 11.9 Å². The van der Waals surface area contributed by atoms with Gasteiger partial charge in [-0.05, 0) is 37.9 Å². The van der Waals surface area contributed by atoms with Crippen molar-refractivity contribution in [2.45, 2.75) is 38.5 Å². The lowest BCUT2D eigenvalue weighted by Gasteiger charge is -2.35. The van der Waals surface area contributed by atoms with Gasteiger partial charge >= 0.3 is 0 Å². The molecule has 1 amide bonds. The van der Waals surface area contributed by atoms with Crippen LogP contribution >= 0.6 is 0 Å². The summed E-state index contributed by atoms with van der Waals surface area (Å²) in [5, 5.41) is 3.11. The molecule has 6 heteroatoms. The Labute approximate surface area is 149 Å². The Morgan fingerprint density at radius 3 is 2.64 bits per heavy atom.